The SMILES string of the molecule is Cc1noc(C)c1C(C)NC(=O)c1ccc(C(=O)O)nc1. The molecule has 0 spiro atoms. The Hall–Kier alpha value is -2.70. The van der Waals surface area contributed by atoms with Crippen molar-refractivity contribution >= 4 is 11.9 Å². The third-order valence-corrected chi connectivity index (χ3v) is 3.11. The third-order valence-electron chi connectivity index (χ3n) is 3.11. The van der Waals surface area contributed by atoms with Crippen LogP contribution in [0.5, 0.6) is 0 Å². The van der Waals surface area contributed by atoms with Crippen LogP contribution in [0.25, 0.3) is 0 Å². The molecule has 0 radical (unpaired) electrons. The van der Waals surface area contributed by atoms with Crippen LogP contribution in [0.15, 0.2) is 22.9 Å². The second-order valence-corrected chi connectivity index (χ2v) is 4.67. The van der Waals surface area contributed by atoms with Gasteiger partial charge in [0, 0.05) is 11.8 Å². The largest absolute Gasteiger partial charge is 0.477 e. The fourth-order valence-electron chi connectivity index (χ4n) is 2.12. The molecule has 1 unspecified atom stereocenters. The number of pyridine rings is 1. The lowest BCUT2D eigenvalue weighted by Crippen LogP contribution is -2.27. The minimum atomic E-state index is -1.13. The van der Waals surface area contributed by atoms with Gasteiger partial charge < -0.3 is 14.9 Å². The molecule has 7 heteroatoms. The van der Waals surface area contributed by atoms with Gasteiger partial charge in [0.2, 0.25) is 0 Å². The summed E-state index contributed by atoms with van der Waals surface area (Å²) in [5, 5.41) is 15.4. The van der Waals surface area contributed by atoms with E-state index in [9.17, 15) is 9.59 Å². The molecule has 1 amide bonds. The molecule has 0 aliphatic heterocycles. The van der Waals surface area contributed by atoms with Gasteiger partial charge in [-0.3, -0.25) is 4.79 Å². The molecule has 110 valence electrons. The first kappa shape index (κ1) is 14.7. The normalized spacial score (nSPS) is 12.0. The average Bonchev–Trinajstić information content (AvgIpc) is 2.78. The Balaban J connectivity index is 2.12. The van der Waals surface area contributed by atoms with Crippen molar-refractivity contribution in [3.8, 4) is 0 Å². The quantitative estimate of drug-likeness (QED) is 0.890. The maximum Gasteiger partial charge on any atom is 0.354 e. The number of rotatable bonds is 4. The zero-order valence-corrected chi connectivity index (χ0v) is 11.9. The number of hydrogen-bond donors (Lipinski definition) is 2. The number of hydrogen-bond acceptors (Lipinski definition) is 5. The third kappa shape index (κ3) is 3.07. The molecule has 0 fully saturated rings. The van der Waals surface area contributed by atoms with E-state index in [-0.39, 0.29) is 17.6 Å². The number of aromatic carboxylic acids is 1. The number of carboxylic acids is 1. The minimum Gasteiger partial charge on any atom is -0.477 e. The maximum absolute atomic E-state index is 12.1. The summed E-state index contributed by atoms with van der Waals surface area (Å²) in [6, 6.07) is 2.44. The molecule has 0 aliphatic rings. The summed E-state index contributed by atoms with van der Waals surface area (Å²) in [6.07, 6.45) is 1.23. The molecule has 2 aromatic heterocycles. The summed E-state index contributed by atoms with van der Waals surface area (Å²) in [6.45, 7) is 5.41. The number of nitrogens with one attached hydrogen (secondary N) is 1. The predicted molar refractivity (Wildman–Crippen MR) is 73.1 cm³/mol. The van der Waals surface area contributed by atoms with E-state index in [4.69, 9.17) is 9.63 Å². The molecule has 7 nitrogen and oxygen atoms in total. The fourth-order valence-corrected chi connectivity index (χ4v) is 2.12. The van der Waals surface area contributed by atoms with Crippen LogP contribution < -0.4 is 5.32 Å². The molecule has 2 N–H and O–H groups in total. The van der Waals surface area contributed by atoms with E-state index in [1.807, 2.05) is 6.92 Å². The van der Waals surface area contributed by atoms with Gasteiger partial charge in [0.15, 0.2) is 0 Å². The van der Waals surface area contributed by atoms with Crippen molar-refractivity contribution < 1.29 is 19.2 Å². The second-order valence-electron chi connectivity index (χ2n) is 4.67. The molecule has 0 aromatic carbocycles. The van der Waals surface area contributed by atoms with E-state index in [0.717, 1.165) is 11.3 Å². The van der Waals surface area contributed by atoms with Crippen LogP contribution in [0, 0.1) is 13.8 Å². The Morgan fingerprint density at radius 2 is 2.05 bits per heavy atom. The molecular weight excluding hydrogens is 274 g/mol. The molecule has 2 rings (SSSR count). The Kier molecular flexibility index (Phi) is 4.02. The highest BCUT2D eigenvalue weighted by molar-refractivity contribution is 5.95. The highest BCUT2D eigenvalue weighted by Crippen LogP contribution is 2.21. The van der Waals surface area contributed by atoms with Crippen molar-refractivity contribution in [2.24, 2.45) is 0 Å². The van der Waals surface area contributed by atoms with Crippen LogP contribution in [0.2, 0.25) is 0 Å². The summed E-state index contributed by atoms with van der Waals surface area (Å²) >= 11 is 0. The monoisotopic (exact) mass is 289 g/mol. The van der Waals surface area contributed by atoms with E-state index < -0.39 is 5.97 Å². The highest BCUT2D eigenvalue weighted by Gasteiger charge is 2.19. The van der Waals surface area contributed by atoms with Crippen molar-refractivity contribution in [2.75, 3.05) is 0 Å². The number of carbonyl (C=O) groups is 2. The topological polar surface area (TPSA) is 105 Å². The summed E-state index contributed by atoms with van der Waals surface area (Å²) in [5.41, 5.74) is 1.74. The number of amides is 1. The Morgan fingerprint density at radius 3 is 2.52 bits per heavy atom. The Morgan fingerprint density at radius 1 is 1.33 bits per heavy atom. The smallest absolute Gasteiger partial charge is 0.354 e. The van der Waals surface area contributed by atoms with Crippen LogP contribution in [-0.2, 0) is 0 Å². The van der Waals surface area contributed by atoms with Gasteiger partial charge in [-0.05, 0) is 32.9 Å². The van der Waals surface area contributed by atoms with Crippen molar-refractivity contribution in [2.45, 2.75) is 26.8 Å². The van der Waals surface area contributed by atoms with E-state index >= 15 is 0 Å². The molecule has 0 bridgehead atoms. The van der Waals surface area contributed by atoms with Gasteiger partial charge in [-0.2, -0.15) is 0 Å². The molecular formula is C14H15N3O4. The summed E-state index contributed by atoms with van der Waals surface area (Å²) in [5.74, 6) is -0.822. The molecule has 21 heavy (non-hydrogen) atoms. The van der Waals surface area contributed by atoms with Crippen LogP contribution in [0.3, 0.4) is 0 Å². The molecule has 1 atom stereocenters. The predicted octanol–water partition coefficient (Wildman–Crippen LogP) is 1.88. The average molecular weight is 289 g/mol. The highest BCUT2D eigenvalue weighted by atomic mass is 16.5. The second kappa shape index (κ2) is 5.74. The lowest BCUT2D eigenvalue weighted by atomic mass is 10.1. The number of aromatic nitrogens is 2. The fraction of sp³-hybridized carbons (Fsp3) is 0.286. The summed E-state index contributed by atoms with van der Waals surface area (Å²) < 4.78 is 5.07. The zero-order valence-electron chi connectivity index (χ0n) is 11.9. The van der Waals surface area contributed by atoms with Crippen molar-refractivity contribution in [1.29, 1.82) is 0 Å². The van der Waals surface area contributed by atoms with Gasteiger partial charge in [0.05, 0.1) is 17.3 Å². The lowest BCUT2D eigenvalue weighted by molar-refractivity contribution is 0.0689. The molecule has 0 aliphatic carbocycles. The molecule has 2 heterocycles. The molecule has 2 aromatic rings. The van der Waals surface area contributed by atoms with Gasteiger partial charge in [-0.1, -0.05) is 5.16 Å². The van der Waals surface area contributed by atoms with E-state index in [1.165, 1.54) is 18.3 Å². The first-order valence-electron chi connectivity index (χ1n) is 6.33. The van der Waals surface area contributed by atoms with Gasteiger partial charge >= 0.3 is 5.97 Å². The van der Waals surface area contributed by atoms with Crippen molar-refractivity contribution in [3.63, 3.8) is 0 Å². The van der Waals surface area contributed by atoms with Crippen LogP contribution in [-0.4, -0.2) is 27.1 Å². The van der Waals surface area contributed by atoms with Crippen molar-refractivity contribution in [1.82, 2.24) is 15.5 Å². The van der Waals surface area contributed by atoms with E-state index in [2.05, 4.69) is 15.5 Å². The summed E-state index contributed by atoms with van der Waals surface area (Å²) in [4.78, 5) is 26.5. The Labute approximate surface area is 121 Å². The van der Waals surface area contributed by atoms with Gasteiger partial charge in [-0.25, -0.2) is 9.78 Å². The first-order valence-corrected chi connectivity index (χ1v) is 6.33. The number of carboxylic acid groups (broad SMARTS) is 1. The number of carbonyl (C=O) groups excluding carboxylic acids is 1. The standard InChI is InChI=1S/C14H15N3O4/c1-7(12-8(2)17-21-9(12)3)16-13(18)10-4-5-11(14(19)20)15-6-10/h4-7H,1-3H3,(H,16,18)(H,19,20). The number of nitrogens with zero attached hydrogens (tertiary/aromatic N) is 2. The maximum atomic E-state index is 12.1. The molecule has 0 saturated carbocycles. The van der Waals surface area contributed by atoms with Crippen LogP contribution in [0.4, 0.5) is 0 Å². The van der Waals surface area contributed by atoms with Crippen LogP contribution in [0.1, 0.15) is 50.8 Å². The molecule has 0 saturated heterocycles. The van der Waals surface area contributed by atoms with Crippen molar-refractivity contribution in [3.05, 3.63) is 46.6 Å². The zero-order chi connectivity index (χ0) is 15.6. The van der Waals surface area contributed by atoms with E-state index in [1.54, 1.807) is 13.8 Å². The van der Waals surface area contributed by atoms with Gasteiger partial charge in [0.25, 0.3) is 5.91 Å². The van der Waals surface area contributed by atoms with E-state index in [0.29, 0.717) is 11.3 Å². The first-order chi connectivity index (χ1) is 9.90. The van der Waals surface area contributed by atoms with Crippen LogP contribution >= 0.6 is 0 Å². The lowest BCUT2D eigenvalue weighted by Gasteiger charge is -2.13. The number of aryl methyl sites for hydroxylation is 2. The van der Waals surface area contributed by atoms with Gasteiger partial charge in [-0.15, -0.1) is 0 Å². The van der Waals surface area contributed by atoms with Gasteiger partial charge in [0.1, 0.15) is 11.5 Å². The minimum absolute atomic E-state index is 0.106. The summed E-state index contributed by atoms with van der Waals surface area (Å²) in [7, 11) is 0. The Bertz CT molecular complexity index is 657.